The monoisotopic (exact) mass is 396 g/mol. The summed E-state index contributed by atoms with van der Waals surface area (Å²) in [7, 11) is 0. The first-order valence-corrected chi connectivity index (χ1v) is 8.33. The Bertz CT molecular complexity index is 831. The largest absolute Gasteiger partial charge is 0.485 e. The van der Waals surface area contributed by atoms with Gasteiger partial charge in [-0.25, -0.2) is 0 Å². The number of fused-ring (bicyclic) bond motifs is 1. The normalized spacial score (nSPS) is 15.1. The Kier molecular flexibility index (Phi) is 5.70. The molecule has 136 valence electrons. The topological polar surface area (TPSA) is 85.9 Å². The van der Waals surface area contributed by atoms with Gasteiger partial charge < -0.3 is 14.2 Å². The highest BCUT2D eigenvalue weighted by Crippen LogP contribution is 2.30. The highest BCUT2D eigenvalue weighted by Gasteiger charge is 2.27. The van der Waals surface area contributed by atoms with Gasteiger partial charge in [-0.2, -0.15) is 0 Å². The average Bonchev–Trinajstić information content (AvgIpc) is 2.66. The zero-order valence-electron chi connectivity index (χ0n) is 13.3. The molecule has 1 aliphatic heterocycles. The third-order valence-electron chi connectivity index (χ3n) is 3.38. The Morgan fingerprint density at radius 1 is 1.12 bits per heavy atom. The maximum absolute atomic E-state index is 12.1. The molecule has 0 radical (unpaired) electrons. The number of benzene rings is 2. The van der Waals surface area contributed by atoms with Crippen LogP contribution in [0.3, 0.4) is 0 Å². The molecular weight excluding hydrogens is 383 g/mol. The summed E-state index contributed by atoms with van der Waals surface area (Å²) in [5.74, 6) is 0.165. The molecule has 0 fully saturated rings. The van der Waals surface area contributed by atoms with Gasteiger partial charge in [0.05, 0.1) is 5.02 Å². The number of hydrogen-bond acceptors (Lipinski definition) is 5. The van der Waals surface area contributed by atoms with Crippen LogP contribution in [0.1, 0.15) is 0 Å². The quantitative estimate of drug-likeness (QED) is 0.774. The van der Waals surface area contributed by atoms with Gasteiger partial charge in [-0.1, -0.05) is 35.3 Å². The predicted octanol–water partition coefficient (Wildman–Crippen LogP) is 2.36. The summed E-state index contributed by atoms with van der Waals surface area (Å²) in [5, 5.41) is 0.741. The zero-order valence-corrected chi connectivity index (χ0v) is 14.8. The van der Waals surface area contributed by atoms with Crippen LogP contribution in [0.2, 0.25) is 10.0 Å². The molecule has 2 N–H and O–H groups in total. The Labute approximate surface area is 159 Å². The van der Waals surface area contributed by atoms with E-state index < -0.39 is 17.9 Å². The first kappa shape index (κ1) is 18.2. The molecule has 9 heteroatoms. The lowest BCUT2D eigenvalue weighted by molar-refractivity contribution is -0.135. The number of ether oxygens (including phenoxy) is 3. The number of hydrogen-bond donors (Lipinski definition) is 2. The molecule has 3 rings (SSSR count). The van der Waals surface area contributed by atoms with Crippen LogP contribution in [0.4, 0.5) is 0 Å². The Morgan fingerprint density at radius 2 is 1.88 bits per heavy atom. The first-order chi connectivity index (χ1) is 12.5. The van der Waals surface area contributed by atoms with Gasteiger partial charge in [0.25, 0.3) is 11.8 Å². The van der Waals surface area contributed by atoms with E-state index in [0.29, 0.717) is 21.5 Å². The van der Waals surface area contributed by atoms with Crippen molar-refractivity contribution in [2.24, 2.45) is 0 Å². The first-order valence-electron chi connectivity index (χ1n) is 7.58. The zero-order chi connectivity index (χ0) is 18.5. The number of carbonyl (C=O) groups excluding carboxylic acids is 2. The van der Waals surface area contributed by atoms with Gasteiger partial charge in [-0.3, -0.25) is 20.4 Å². The van der Waals surface area contributed by atoms with E-state index in [1.165, 1.54) is 6.07 Å². The summed E-state index contributed by atoms with van der Waals surface area (Å²) < 4.78 is 16.2. The standard InChI is InChI=1S/C17H14Cl2N2O5/c18-10-5-6-11(19)14(7-10)25-9-16(22)20-21-17(23)15-8-24-12-3-1-2-4-13(12)26-15/h1-7,15H,8-9H2,(H,20,22)(H,21,23). The number of carbonyl (C=O) groups is 2. The molecule has 2 aromatic rings. The minimum Gasteiger partial charge on any atom is -0.485 e. The van der Waals surface area contributed by atoms with Crippen molar-refractivity contribution in [1.82, 2.24) is 10.9 Å². The Morgan fingerprint density at radius 3 is 2.69 bits per heavy atom. The number of hydrazine groups is 1. The van der Waals surface area contributed by atoms with Crippen molar-refractivity contribution in [3.05, 3.63) is 52.5 Å². The molecule has 26 heavy (non-hydrogen) atoms. The van der Waals surface area contributed by atoms with E-state index in [0.717, 1.165) is 0 Å². The van der Waals surface area contributed by atoms with E-state index in [1.54, 1.807) is 36.4 Å². The summed E-state index contributed by atoms with van der Waals surface area (Å²) in [4.78, 5) is 23.9. The van der Waals surface area contributed by atoms with Crippen molar-refractivity contribution in [2.75, 3.05) is 13.2 Å². The maximum atomic E-state index is 12.1. The Balaban J connectivity index is 1.46. The molecule has 2 amide bonds. The van der Waals surface area contributed by atoms with Gasteiger partial charge in [-0.15, -0.1) is 0 Å². The summed E-state index contributed by atoms with van der Waals surface area (Å²) in [6, 6.07) is 11.6. The smallest absolute Gasteiger partial charge is 0.283 e. The number of nitrogens with one attached hydrogen (secondary N) is 2. The van der Waals surface area contributed by atoms with E-state index in [-0.39, 0.29) is 19.0 Å². The van der Waals surface area contributed by atoms with Crippen LogP contribution in [0.25, 0.3) is 0 Å². The highest BCUT2D eigenvalue weighted by atomic mass is 35.5. The van der Waals surface area contributed by atoms with Gasteiger partial charge in [0.15, 0.2) is 18.1 Å². The summed E-state index contributed by atoms with van der Waals surface area (Å²) >= 11 is 11.8. The molecule has 1 unspecified atom stereocenters. The molecule has 1 heterocycles. The van der Waals surface area contributed by atoms with Crippen molar-refractivity contribution in [2.45, 2.75) is 6.10 Å². The SMILES string of the molecule is O=C(COc1cc(Cl)ccc1Cl)NNC(=O)C1COc2ccccc2O1. The Hall–Kier alpha value is -2.64. The van der Waals surface area contributed by atoms with Crippen molar-refractivity contribution in [1.29, 1.82) is 0 Å². The van der Waals surface area contributed by atoms with Crippen molar-refractivity contribution in [3.63, 3.8) is 0 Å². The molecule has 0 saturated carbocycles. The molecule has 2 aromatic carbocycles. The molecule has 0 spiro atoms. The van der Waals surface area contributed by atoms with Crippen LogP contribution in [0.5, 0.6) is 17.2 Å². The van der Waals surface area contributed by atoms with Gasteiger partial charge in [0, 0.05) is 11.1 Å². The van der Waals surface area contributed by atoms with Crippen molar-refractivity contribution in [3.8, 4) is 17.2 Å². The summed E-state index contributed by atoms with van der Waals surface area (Å²) in [6.07, 6.45) is -0.881. The fourth-order valence-corrected chi connectivity index (χ4v) is 2.46. The molecule has 1 aliphatic rings. The van der Waals surface area contributed by atoms with E-state index in [2.05, 4.69) is 10.9 Å². The number of para-hydroxylation sites is 2. The van der Waals surface area contributed by atoms with Crippen molar-refractivity contribution < 1.29 is 23.8 Å². The lowest BCUT2D eigenvalue weighted by Gasteiger charge is -2.25. The lowest BCUT2D eigenvalue weighted by atomic mass is 10.2. The van der Waals surface area contributed by atoms with Gasteiger partial charge in [-0.05, 0) is 24.3 Å². The summed E-state index contributed by atoms with van der Waals surface area (Å²) in [6.45, 7) is -0.321. The van der Waals surface area contributed by atoms with Gasteiger partial charge >= 0.3 is 0 Å². The maximum Gasteiger partial charge on any atom is 0.283 e. The molecule has 1 atom stereocenters. The second-order valence-corrected chi connectivity index (χ2v) is 6.11. The molecule has 0 saturated heterocycles. The van der Waals surface area contributed by atoms with E-state index in [4.69, 9.17) is 37.4 Å². The van der Waals surface area contributed by atoms with E-state index >= 15 is 0 Å². The van der Waals surface area contributed by atoms with Gasteiger partial charge in [0.1, 0.15) is 12.4 Å². The summed E-state index contributed by atoms with van der Waals surface area (Å²) in [5.41, 5.74) is 4.50. The van der Waals surface area contributed by atoms with E-state index in [9.17, 15) is 9.59 Å². The van der Waals surface area contributed by atoms with Gasteiger partial charge in [0.2, 0.25) is 6.10 Å². The van der Waals surface area contributed by atoms with Crippen molar-refractivity contribution >= 4 is 35.0 Å². The third-order valence-corrected chi connectivity index (χ3v) is 3.93. The van der Waals surface area contributed by atoms with E-state index in [1.807, 2.05) is 0 Å². The number of rotatable bonds is 4. The van der Waals surface area contributed by atoms with Crippen LogP contribution in [-0.4, -0.2) is 31.1 Å². The van der Waals surface area contributed by atoms with Crippen LogP contribution >= 0.6 is 23.2 Å². The fraction of sp³-hybridized carbons (Fsp3) is 0.176. The second kappa shape index (κ2) is 8.16. The lowest BCUT2D eigenvalue weighted by Crippen LogP contribution is -2.51. The fourth-order valence-electron chi connectivity index (χ4n) is 2.13. The third kappa shape index (κ3) is 4.50. The molecule has 0 aromatic heterocycles. The second-order valence-electron chi connectivity index (χ2n) is 5.27. The highest BCUT2D eigenvalue weighted by molar-refractivity contribution is 6.34. The average molecular weight is 397 g/mol. The van der Waals surface area contributed by atoms with Crippen LogP contribution in [0, 0.1) is 0 Å². The predicted molar refractivity (Wildman–Crippen MR) is 94.6 cm³/mol. The van der Waals surface area contributed by atoms with Crippen LogP contribution < -0.4 is 25.1 Å². The minimum atomic E-state index is -0.881. The van der Waals surface area contributed by atoms with Crippen LogP contribution in [0.15, 0.2) is 42.5 Å². The van der Waals surface area contributed by atoms with Crippen LogP contribution in [-0.2, 0) is 9.59 Å². The molecule has 7 nitrogen and oxygen atoms in total. The molecule has 0 aliphatic carbocycles. The molecular formula is C17H14Cl2N2O5. The number of amides is 2. The number of halogens is 2. The minimum absolute atomic E-state index is 0.0351. The molecule has 0 bridgehead atoms.